The fraction of sp³-hybridized carbons (Fsp3) is 0.273. The van der Waals surface area contributed by atoms with E-state index in [4.69, 9.17) is 0 Å². The van der Waals surface area contributed by atoms with Gasteiger partial charge in [0.05, 0.1) is 0 Å². The molecule has 0 saturated carbocycles. The van der Waals surface area contributed by atoms with Gasteiger partial charge < -0.3 is 0 Å². The molecule has 0 radical (unpaired) electrons. The third-order valence-electron chi connectivity index (χ3n) is 1.39. The van der Waals surface area contributed by atoms with Gasteiger partial charge in [-0.25, -0.2) is 0 Å². The quantitative estimate of drug-likeness (QED) is 0.636. The molecule has 0 aromatic carbocycles. The van der Waals surface area contributed by atoms with E-state index in [2.05, 4.69) is 42.6 Å². The SMILES string of the molecule is CC(C)=C/C(C)=[CH]\[Ru][c]1ccc[nH]1. The van der Waals surface area contributed by atoms with Gasteiger partial charge in [0.15, 0.2) is 0 Å². The van der Waals surface area contributed by atoms with Crippen molar-refractivity contribution in [3.05, 3.63) is 40.2 Å². The average molecular weight is 262 g/mol. The first-order valence-corrected chi connectivity index (χ1v) is 6.11. The molecule has 0 fully saturated rings. The summed E-state index contributed by atoms with van der Waals surface area (Å²) < 4.78 is 3.68. The van der Waals surface area contributed by atoms with Gasteiger partial charge in [-0.3, -0.25) is 0 Å². The maximum absolute atomic E-state index is 3.22. The topological polar surface area (TPSA) is 15.8 Å². The van der Waals surface area contributed by atoms with Gasteiger partial charge in [-0.15, -0.1) is 0 Å². The van der Waals surface area contributed by atoms with Crippen molar-refractivity contribution in [3.8, 4) is 0 Å². The van der Waals surface area contributed by atoms with Crippen LogP contribution in [-0.2, 0) is 17.1 Å². The Hall–Kier alpha value is -0.617. The molecule has 0 spiro atoms. The van der Waals surface area contributed by atoms with Crippen molar-refractivity contribution in [1.82, 2.24) is 4.98 Å². The molecule has 1 N–H and O–H groups in total. The third-order valence-corrected chi connectivity index (χ3v) is 3.51. The Morgan fingerprint density at radius 1 is 1.38 bits per heavy atom. The minimum absolute atomic E-state index is 0.204. The zero-order valence-electron chi connectivity index (χ0n) is 8.24. The number of hydrogen-bond acceptors (Lipinski definition) is 0. The summed E-state index contributed by atoms with van der Waals surface area (Å²) in [5.41, 5.74) is 2.73. The predicted molar refractivity (Wildman–Crippen MR) is 53.6 cm³/mol. The normalized spacial score (nSPS) is 11.8. The molecular formula is C11H15NRu. The summed E-state index contributed by atoms with van der Waals surface area (Å²) in [4.78, 5) is 3.22. The van der Waals surface area contributed by atoms with Crippen molar-refractivity contribution in [2.24, 2.45) is 0 Å². The van der Waals surface area contributed by atoms with Gasteiger partial charge in [0, 0.05) is 0 Å². The Morgan fingerprint density at radius 3 is 2.69 bits per heavy atom. The van der Waals surface area contributed by atoms with E-state index in [-0.39, 0.29) is 17.1 Å². The molecule has 1 nitrogen and oxygen atoms in total. The van der Waals surface area contributed by atoms with Gasteiger partial charge in [-0.1, -0.05) is 0 Å². The molecule has 0 bridgehead atoms. The summed E-state index contributed by atoms with van der Waals surface area (Å²) >= 11 is 0.204. The van der Waals surface area contributed by atoms with E-state index >= 15 is 0 Å². The van der Waals surface area contributed by atoms with Gasteiger partial charge in [0.2, 0.25) is 0 Å². The monoisotopic (exact) mass is 263 g/mol. The zero-order chi connectivity index (χ0) is 9.68. The molecule has 0 aliphatic carbocycles. The molecule has 1 aromatic heterocycles. The molecule has 1 heterocycles. The second kappa shape index (κ2) is 5.19. The van der Waals surface area contributed by atoms with Gasteiger partial charge >= 0.3 is 87.4 Å². The molecule has 0 atom stereocenters. The van der Waals surface area contributed by atoms with Crippen LogP contribution in [0.1, 0.15) is 20.8 Å². The van der Waals surface area contributed by atoms with Crippen LogP contribution in [0.3, 0.4) is 0 Å². The first-order valence-electron chi connectivity index (χ1n) is 4.24. The molecule has 0 unspecified atom stereocenters. The number of nitrogens with one attached hydrogen (secondary N) is 1. The summed E-state index contributed by atoms with van der Waals surface area (Å²) in [6, 6.07) is 4.19. The molecule has 0 amide bonds. The van der Waals surface area contributed by atoms with E-state index in [0.717, 1.165) is 0 Å². The van der Waals surface area contributed by atoms with Crippen molar-refractivity contribution in [3.63, 3.8) is 0 Å². The van der Waals surface area contributed by atoms with Crippen LogP contribution in [0.25, 0.3) is 0 Å². The van der Waals surface area contributed by atoms with Gasteiger partial charge in [0.1, 0.15) is 0 Å². The minimum atomic E-state index is 0.204. The van der Waals surface area contributed by atoms with Crippen LogP contribution in [0.4, 0.5) is 0 Å². The van der Waals surface area contributed by atoms with Crippen molar-refractivity contribution >= 4 is 4.29 Å². The Labute approximate surface area is 87.5 Å². The second-order valence-corrected chi connectivity index (χ2v) is 5.11. The van der Waals surface area contributed by atoms with Gasteiger partial charge in [-0.2, -0.15) is 0 Å². The first kappa shape index (κ1) is 10.5. The summed E-state index contributed by atoms with van der Waals surface area (Å²) in [7, 11) is 0. The van der Waals surface area contributed by atoms with E-state index in [1.54, 1.807) is 0 Å². The Morgan fingerprint density at radius 2 is 2.15 bits per heavy atom. The molecular weight excluding hydrogens is 247 g/mol. The van der Waals surface area contributed by atoms with Crippen molar-refractivity contribution in [2.75, 3.05) is 0 Å². The van der Waals surface area contributed by atoms with Crippen LogP contribution in [-0.4, -0.2) is 4.98 Å². The van der Waals surface area contributed by atoms with E-state index in [1.807, 2.05) is 12.3 Å². The van der Waals surface area contributed by atoms with Crippen molar-refractivity contribution in [1.29, 1.82) is 0 Å². The second-order valence-electron chi connectivity index (χ2n) is 3.17. The molecule has 0 saturated heterocycles. The number of H-pyrrole nitrogens is 1. The fourth-order valence-corrected chi connectivity index (χ4v) is 2.42. The zero-order valence-corrected chi connectivity index (χ0v) is 9.98. The van der Waals surface area contributed by atoms with Crippen LogP contribution < -0.4 is 4.29 Å². The molecule has 13 heavy (non-hydrogen) atoms. The van der Waals surface area contributed by atoms with Crippen LogP contribution in [0.15, 0.2) is 40.2 Å². The average Bonchev–Trinajstić information content (AvgIpc) is 2.51. The van der Waals surface area contributed by atoms with Crippen LogP contribution in [0.2, 0.25) is 0 Å². The Balaban J connectivity index is 2.53. The van der Waals surface area contributed by atoms with Crippen LogP contribution >= 0.6 is 0 Å². The van der Waals surface area contributed by atoms with E-state index in [0.29, 0.717) is 0 Å². The summed E-state index contributed by atoms with van der Waals surface area (Å²) in [6.07, 6.45) is 4.20. The molecule has 2 heteroatoms. The first-order chi connectivity index (χ1) is 6.18. The number of allylic oxidation sites excluding steroid dienone is 3. The van der Waals surface area contributed by atoms with E-state index < -0.39 is 0 Å². The number of rotatable bonds is 3. The third kappa shape index (κ3) is 4.24. The Bertz CT molecular complexity index is 303. The van der Waals surface area contributed by atoms with Crippen LogP contribution in [0, 0.1) is 0 Å². The summed E-state index contributed by atoms with van der Waals surface area (Å²) in [5.74, 6) is 0. The fourth-order valence-electron chi connectivity index (χ4n) is 0.988. The standard InChI is InChI=1S/C7H11.C4H4N.Ru/c1-6(2)5-7(3)4;1-2-4-5-3-1;/h1,5H,2-4H3;1-3,5H;. The predicted octanol–water partition coefficient (Wildman–Crippen LogP) is 2.59. The van der Waals surface area contributed by atoms with E-state index in [1.165, 1.54) is 15.4 Å². The van der Waals surface area contributed by atoms with Crippen molar-refractivity contribution < 1.29 is 17.1 Å². The molecule has 72 valence electrons. The number of aromatic nitrogens is 1. The number of aromatic amines is 1. The number of hydrogen-bond donors (Lipinski definition) is 1. The maximum atomic E-state index is 3.22. The Kier molecular flexibility index (Phi) is 4.17. The molecule has 0 aliphatic rings. The summed E-state index contributed by atoms with van der Waals surface area (Å²) in [5, 5.41) is 0. The van der Waals surface area contributed by atoms with Gasteiger partial charge in [-0.05, 0) is 0 Å². The van der Waals surface area contributed by atoms with Gasteiger partial charge in [0.25, 0.3) is 0 Å². The molecule has 1 rings (SSSR count). The molecule has 1 aromatic rings. The van der Waals surface area contributed by atoms with Crippen LogP contribution in [0.5, 0.6) is 0 Å². The van der Waals surface area contributed by atoms with E-state index in [9.17, 15) is 0 Å². The van der Waals surface area contributed by atoms with Crippen molar-refractivity contribution in [2.45, 2.75) is 20.8 Å². The molecule has 0 aliphatic heterocycles. The summed E-state index contributed by atoms with van der Waals surface area (Å²) in [6.45, 7) is 6.41.